The highest BCUT2D eigenvalue weighted by molar-refractivity contribution is 7.98. The molecule has 3 N–H and O–H groups in total. The van der Waals surface area contributed by atoms with Gasteiger partial charge in [-0.15, -0.1) is 0 Å². The monoisotopic (exact) mass is 489 g/mol. The number of rotatable bonds is 10. The van der Waals surface area contributed by atoms with E-state index in [1.165, 1.54) is 12.1 Å². The van der Waals surface area contributed by atoms with E-state index in [0.717, 1.165) is 16.5 Å². The molecule has 1 aliphatic rings. The van der Waals surface area contributed by atoms with Crippen LogP contribution in [-0.2, 0) is 21.2 Å². The highest BCUT2D eigenvalue weighted by Crippen LogP contribution is 2.32. The van der Waals surface area contributed by atoms with E-state index in [-0.39, 0.29) is 10.8 Å². The largest absolute Gasteiger partial charge is 0.486 e. The number of hydrogen-bond donors (Lipinski definition) is 3. The molecule has 1 atom stereocenters. The molecule has 0 radical (unpaired) electrons. The second-order valence-corrected chi connectivity index (χ2v) is 10.4. The summed E-state index contributed by atoms with van der Waals surface area (Å²) in [4.78, 5) is 16.1. The number of carbonyl (C=O) groups excluding carboxylic acids is 1. The molecular weight excluding hydrogens is 462 g/mol. The van der Waals surface area contributed by atoms with Crippen LogP contribution >= 0.6 is 11.8 Å². The molecule has 33 heavy (non-hydrogen) atoms. The summed E-state index contributed by atoms with van der Waals surface area (Å²) < 4.78 is 39.5. The van der Waals surface area contributed by atoms with Gasteiger partial charge >= 0.3 is 0 Å². The Bertz CT molecular complexity index is 1230. The standard InChI is InChI=1S/C23H27N3O5S2/c1-32-13-9-20(23(27)24-10-8-16-15-25-19-5-3-2-4-18(16)19)26-33(28,29)17-6-7-21-22(14-17)31-12-11-30-21/h2-7,14-15,20,25-26H,8-13H2,1H3,(H,24,27). The van der Waals surface area contributed by atoms with Gasteiger partial charge in [0, 0.05) is 29.7 Å². The molecule has 1 aliphatic heterocycles. The lowest BCUT2D eigenvalue weighted by molar-refractivity contribution is -0.122. The molecule has 1 unspecified atom stereocenters. The number of amides is 1. The number of hydrogen-bond acceptors (Lipinski definition) is 6. The van der Waals surface area contributed by atoms with E-state index in [0.29, 0.717) is 49.9 Å². The maximum absolute atomic E-state index is 13.0. The van der Waals surface area contributed by atoms with Gasteiger partial charge in [-0.3, -0.25) is 4.79 Å². The molecule has 0 saturated heterocycles. The molecule has 1 amide bonds. The first-order valence-corrected chi connectivity index (χ1v) is 13.6. The molecule has 2 aromatic carbocycles. The number of sulfonamides is 1. The van der Waals surface area contributed by atoms with E-state index >= 15 is 0 Å². The van der Waals surface area contributed by atoms with Crippen LogP contribution in [0, 0.1) is 0 Å². The molecule has 2 heterocycles. The van der Waals surface area contributed by atoms with E-state index in [1.807, 2.05) is 36.7 Å². The van der Waals surface area contributed by atoms with Gasteiger partial charge in [-0.05, 0) is 48.6 Å². The van der Waals surface area contributed by atoms with Crippen molar-refractivity contribution in [3.8, 4) is 11.5 Å². The Balaban J connectivity index is 1.41. The Hall–Kier alpha value is -2.69. The molecule has 176 valence electrons. The van der Waals surface area contributed by atoms with E-state index < -0.39 is 16.1 Å². The normalized spacial score (nSPS) is 14.2. The number of nitrogens with one attached hydrogen (secondary N) is 3. The first-order valence-electron chi connectivity index (χ1n) is 10.7. The second-order valence-electron chi connectivity index (χ2n) is 7.66. The Kier molecular flexibility index (Phi) is 7.46. The van der Waals surface area contributed by atoms with Crippen LogP contribution in [0.15, 0.2) is 53.6 Å². The number of ether oxygens (including phenoxy) is 2. The van der Waals surface area contributed by atoms with Crippen LogP contribution in [0.25, 0.3) is 10.9 Å². The van der Waals surface area contributed by atoms with Gasteiger partial charge in [0.2, 0.25) is 15.9 Å². The van der Waals surface area contributed by atoms with Crippen molar-refractivity contribution >= 4 is 38.6 Å². The third-order valence-corrected chi connectivity index (χ3v) is 7.53. The van der Waals surface area contributed by atoms with Crippen molar-refractivity contribution in [2.24, 2.45) is 0 Å². The number of benzene rings is 2. The number of para-hydroxylation sites is 1. The quantitative estimate of drug-likeness (QED) is 0.404. The minimum Gasteiger partial charge on any atom is -0.486 e. The van der Waals surface area contributed by atoms with Crippen LogP contribution < -0.4 is 19.5 Å². The van der Waals surface area contributed by atoms with E-state index in [1.54, 1.807) is 17.8 Å². The highest BCUT2D eigenvalue weighted by Gasteiger charge is 2.27. The smallest absolute Gasteiger partial charge is 0.241 e. The summed E-state index contributed by atoms with van der Waals surface area (Å²) in [6.07, 6.45) is 4.87. The molecule has 8 nitrogen and oxygen atoms in total. The van der Waals surface area contributed by atoms with Gasteiger partial charge in [0.1, 0.15) is 19.3 Å². The summed E-state index contributed by atoms with van der Waals surface area (Å²) in [6.45, 7) is 1.19. The third-order valence-electron chi connectivity index (χ3n) is 5.42. The van der Waals surface area contributed by atoms with Crippen molar-refractivity contribution in [3.63, 3.8) is 0 Å². The summed E-state index contributed by atoms with van der Waals surface area (Å²) in [5.41, 5.74) is 2.15. The molecule has 0 saturated carbocycles. The summed E-state index contributed by atoms with van der Waals surface area (Å²) in [5.74, 6) is 1.19. The molecule has 0 bridgehead atoms. The van der Waals surface area contributed by atoms with Gasteiger partial charge in [0.15, 0.2) is 11.5 Å². The first kappa shape index (κ1) is 23.5. The fourth-order valence-corrected chi connectivity index (χ4v) is 5.42. The van der Waals surface area contributed by atoms with Gasteiger partial charge in [-0.1, -0.05) is 18.2 Å². The zero-order valence-electron chi connectivity index (χ0n) is 18.3. The number of H-pyrrole nitrogens is 1. The van der Waals surface area contributed by atoms with Crippen molar-refractivity contribution in [1.29, 1.82) is 0 Å². The zero-order valence-corrected chi connectivity index (χ0v) is 19.9. The number of aromatic nitrogens is 1. The summed E-state index contributed by atoms with van der Waals surface area (Å²) in [5, 5.41) is 4.00. The lowest BCUT2D eigenvalue weighted by Gasteiger charge is -2.21. The van der Waals surface area contributed by atoms with Crippen LogP contribution in [0.4, 0.5) is 0 Å². The lowest BCUT2D eigenvalue weighted by atomic mass is 10.1. The highest BCUT2D eigenvalue weighted by atomic mass is 32.2. The van der Waals surface area contributed by atoms with Gasteiger partial charge in [0.25, 0.3) is 0 Å². The van der Waals surface area contributed by atoms with Crippen molar-refractivity contribution in [2.75, 3.05) is 31.8 Å². The number of aromatic amines is 1. The average molecular weight is 490 g/mol. The Morgan fingerprint density at radius 1 is 1.15 bits per heavy atom. The minimum absolute atomic E-state index is 0.0347. The predicted molar refractivity (Wildman–Crippen MR) is 130 cm³/mol. The van der Waals surface area contributed by atoms with E-state index in [9.17, 15) is 13.2 Å². The molecular formula is C23H27N3O5S2. The van der Waals surface area contributed by atoms with Crippen LogP contribution in [0.2, 0.25) is 0 Å². The van der Waals surface area contributed by atoms with Crippen molar-refractivity contribution < 1.29 is 22.7 Å². The fourth-order valence-electron chi connectivity index (χ4n) is 3.71. The van der Waals surface area contributed by atoms with Crippen LogP contribution in [0.3, 0.4) is 0 Å². The zero-order chi connectivity index (χ0) is 23.3. The Morgan fingerprint density at radius 3 is 2.76 bits per heavy atom. The molecule has 1 aromatic heterocycles. The fraction of sp³-hybridized carbons (Fsp3) is 0.348. The minimum atomic E-state index is -3.93. The number of fused-ring (bicyclic) bond motifs is 2. The van der Waals surface area contributed by atoms with Crippen LogP contribution in [0.5, 0.6) is 11.5 Å². The maximum Gasteiger partial charge on any atom is 0.241 e. The molecule has 0 spiro atoms. The summed E-state index contributed by atoms with van der Waals surface area (Å²) in [7, 11) is -3.93. The van der Waals surface area contributed by atoms with Crippen LogP contribution in [0.1, 0.15) is 12.0 Å². The molecule has 0 aliphatic carbocycles. The molecule has 3 aromatic rings. The Labute approximate surface area is 197 Å². The topological polar surface area (TPSA) is 110 Å². The van der Waals surface area contributed by atoms with Crippen LogP contribution in [-0.4, -0.2) is 57.1 Å². The van der Waals surface area contributed by atoms with Gasteiger partial charge in [-0.25, -0.2) is 8.42 Å². The summed E-state index contributed by atoms with van der Waals surface area (Å²) in [6, 6.07) is 11.6. The molecule has 10 heteroatoms. The van der Waals surface area contributed by atoms with Crippen molar-refractivity contribution in [2.45, 2.75) is 23.8 Å². The number of thioether (sulfide) groups is 1. The van der Waals surface area contributed by atoms with Gasteiger partial charge in [-0.2, -0.15) is 16.5 Å². The van der Waals surface area contributed by atoms with E-state index in [4.69, 9.17) is 9.47 Å². The van der Waals surface area contributed by atoms with Gasteiger partial charge in [0.05, 0.1) is 4.90 Å². The van der Waals surface area contributed by atoms with E-state index in [2.05, 4.69) is 15.0 Å². The molecule has 0 fully saturated rings. The molecule has 4 rings (SSSR count). The number of carbonyl (C=O) groups is 1. The lowest BCUT2D eigenvalue weighted by Crippen LogP contribution is -2.47. The maximum atomic E-state index is 13.0. The van der Waals surface area contributed by atoms with Crippen molar-refractivity contribution in [3.05, 3.63) is 54.2 Å². The van der Waals surface area contributed by atoms with Gasteiger partial charge < -0.3 is 19.8 Å². The first-order chi connectivity index (χ1) is 16.0. The average Bonchev–Trinajstić information content (AvgIpc) is 3.24. The predicted octanol–water partition coefficient (Wildman–Crippen LogP) is 2.70. The SMILES string of the molecule is CSCCC(NS(=O)(=O)c1ccc2c(c1)OCCO2)C(=O)NCCc1c[nH]c2ccccc12. The third kappa shape index (κ3) is 5.63. The second kappa shape index (κ2) is 10.5. The van der Waals surface area contributed by atoms with Crippen molar-refractivity contribution in [1.82, 2.24) is 15.0 Å². The Morgan fingerprint density at radius 2 is 1.94 bits per heavy atom. The summed E-state index contributed by atoms with van der Waals surface area (Å²) >= 11 is 1.56.